The summed E-state index contributed by atoms with van der Waals surface area (Å²) in [5, 5.41) is 0. The van der Waals surface area contributed by atoms with E-state index in [0.29, 0.717) is 5.56 Å². The van der Waals surface area contributed by atoms with E-state index in [-0.39, 0.29) is 35.3 Å². The van der Waals surface area contributed by atoms with Crippen LogP contribution in [0.3, 0.4) is 0 Å². The minimum atomic E-state index is -3.04. The van der Waals surface area contributed by atoms with Gasteiger partial charge in [0, 0.05) is 11.1 Å². The molecule has 0 spiro atoms. The third-order valence-electron chi connectivity index (χ3n) is 3.69. The second-order valence-electron chi connectivity index (χ2n) is 5.69. The molecule has 0 amide bonds. The number of rotatable bonds is 6. The Hall–Kier alpha value is -3.22. The number of benzene rings is 2. The Morgan fingerprint density at radius 1 is 1.22 bits per heavy atom. The van der Waals surface area contributed by atoms with Gasteiger partial charge >= 0.3 is 12.6 Å². The number of hydrogen-bond donors (Lipinski definition) is 0. The Bertz CT molecular complexity index is 922. The van der Waals surface area contributed by atoms with E-state index in [1.54, 1.807) is 19.1 Å². The second-order valence-corrected chi connectivity index (χ2v) is 5.69. The number of para-hydroxylation sites is 1. The van der Waals surface area contributed by atoms with E-state index in [9.17, 15) is 13.6 Å². The fourth-order valence-corrected chi connectivity index (χ4v) is 2.59. The van der Waals surface area contributed by atoms with Crippen LogP contribution in [0.15, 0.2) is 53.2 Å². The Labute approximate surface area is 154 Å². The summed E-state index contributed by atoms with van der Waals surface area (Å²) in [4.78, 5) is 16.4. The van der Waals surface area contributed by atoms with Gasteiger partial charge in [-0.25, -0.2) is 9.79 Å². The summed E-state index contributed by atoms with van der Waals surface area (Å²) in [5.74, 6) is -0.515. The van der Waals surface area contributed by atoms with Gasteiger partial charge in [-0.2, -0.15) is 8.78 Å². The molecule has 0 aromatic heterocycles. The average Bonchev–Trinajstić information content (AvgIpc) is 2.98. The molecule has 1 aliphatic rings. The van der Waals surface area contributed by atoms with Crippen molar-refractivity contribution in [2.45, 2.75) is 20.5 Å². The maximum Gasteiger partial charge on any atom is 0.387 e. The van der Waals surface area contributed by atoms with E-state index in [2.05, 4.69) is 9.73 Å². The summed E-state index contributed by atoms with van der Waals surface area (Å²) in [5.41, 5.74) is 1.86. The average molecular weight is 373 g/mol. The van der Waals surface area contributed by atoms with Crippen molar-refractivity contribution in [2.24, 2.45) is 4.99 Å². The molecule has 0 radical (unpaired) electrons. The molecule has 2 aromatic carbocycles. The van der Waals surface area contributed by atoms with Crippen LogP contribution in [0.25, 0.3) is 6.08 Å². The Balaban J connectivity index is 2.00. The van der Waals surface area contributed by atoms with Crippen LogP contribution in [0.4, 0.5) is 8.78 Å². The third kappa shape index (κ3) is 4.31. The number of carbonyl (C=O) groups excluding carboxylic acids is 1. The van der Waals surface area contributed by atoms with Gasteiger partial charge in [-0.3, -0.25) is 0 Å². The van der Waals surface area contributed by atoms with Gasteiger partial charge in [-0.15, -0.1) is 0 Å². The molecule has 0 saturated heterocycles. The summed E-state index contributed by atoms with van der Waals surface area (Å²) in [6.07, 6.45) is 1.34. The zero-order valence-electron chi connectivity index (χ0n) is 14.7. The summed E-state index contributed by atoms with van der Waals surface area (Å²) in [6, 6.07) is 12.0. The van der Waals surface area contributed by atoms with E-state index in [1.807, 2.05) is 25.1 Å². The maximum absolute atomic E-state index is 12.8. The highest BCUT2D eigenvalue weighted by Gasteiger charge is 2.25. The molecule has 140 valence electrons. The smallest absolute Gasteiger partial charge is 0.387 e. The molecule has 1 heterocycles. The first kappa shape index (κ1) is 18.6. The maximum atomic E-state index is 12.8. The van der Waals surface area contributed by atoms with Crippen molar-refractivity contribution < 1.29 is 27.8 Å². The quantitative estimate of drug-likeness (QED) is 0.558. The number of hydrogen-bond acceptors (Lipinski definition) is 5. The monoisotopic (exact) mass is 373 g/mol. The second kappa shape index (κ2) is 7.99. The van der Waals surface area contributed by atoms with Gasteiger partial charge in [-0.05, 0) is 38.1 Å². The summed E-state index contributed by atoms with van der Waals surface area (Å²) >= 11 is 0. The lowest BCUT2D eigenvalue weighted by Crippen LogP contribution is -2.07. The van der Waals surface area contributed by atoms with Gasteiger partial charge in [-0.1, -0.05) is 29.8 Å². The molecule has 0 N–H and O–H groups in total. The molecular formula is C20H17F2NO4. The molecular weight excluding hydrogens is 356 g/mol. The third-order valence-corrected chi connectivity index (χ3v) is 3.69. The number of aliphatic imine (C=N–C) groups is 1. The fourth-order valence-electron chi connectivity index (χ4n) is 2.59. The Morgan fingerprint density at radius 2 is 2.00 bits per heavy atom. The first-order valence-corrected chi connectivity index (χ1v) is 8.28. The first-order chi connectivity index (χ1) is 13.0. The van der Waals surface area contributed by atoms with Crippen molar-refractivity contribution in [3.05, 3.63) is 64.9 Å². The van der Waals surface area contributed by atoms with Crippen molar-refractivity contribution in [3.8, 4) is 11.5 Å². The van der Waals surface area contributed by atoms with Crippen molar-refractivity contribution in [2.75, 3.05) is 6.61 Å². The van der Waals surface area contributed by atoms with Crippen molar-refractivity contribution in [1.29, 1.82) is 0 Å². The van der Waals surface area contributed by atoms with Crippen LogP contribution >= 0.6 is 0 Å². The molecule has 2 aromatic rings. The van der Waals surface area contributed by atoms with Gasteiger partial charge in [0.1, 0.15) is 0 Å². The molecule has 0 saturated carbocycles. The zero-order valence-corrected chi connectivity index (χ0v) is 14.7. The van der Waals surface area contributed by atoms with Gasteiger partial charge < -0.3 is 14.2 Å². The predicted octanol–water partition coefficient (Wildman–Crippen LogP) is 4.34. The zero-order chi connectivity index (χ0) is 19.4. The standard InChI is InChI=1S/C20H17F2NO4/c1-3-25-16-9-5-7-13(17(16)26-20(21)22)11-15-19(24)27-18(23-15)14-8-4-6-12(2)10-14/h4-11,20H,3H2,1-2H3/b15-11-. The number of carbonyl (C=O) groups is 1. The molecule has 0 unspecified atom stereocenters. The van der Waals surface area contributed by atoms with Crippen LogP contribution in [-0.2, 0) is 9.53 Å². The van der Waals surface area contributed by atoms with Crippen LogP contribution in [-0.4, -0.2) is 25.1 Å². The van der Waals surface area contributed by atoms with Crippen LogP contribution in [0.5, 0.6) is 11.5 Å². The van der Waals surface area contributed by atoms with Crippen molar-refractivity contribution in [1.82, 2.24) is 0 Å². The van der Waals surface area contributed by atoms with Crippen molar-refractivity contribution in [3.63, 3.8) is 0 Å². The van der Waals surface area contributed by atoms with Crippen LogP contribution in [0.1, 0.15) is 23.6 Å². The van der Waals surface area contributed by atoms with Gasteiger partial charge in [0.25, 0.3) is 0 Å². The molecule has 5 nitrogen and oxygen atoms in total. The van der Waals surface area contributed by atoms with E-state index in [0.717, 1.165) is 5.56 Å². The number of alkyl halides is 2. The molecule has 7 heteroatoms. The highest BCUT2D eigenvalue weighted by atomic mass is 19.3. The molecule has 3 rings (SSSR count). The lowest BCUT2D eigenvalue weighted by atomic mass is 10.1. The van der Waals surface area contributed by atoms with Crippen LogP contribution in [0, 0.1) is 6.92 Å². The molecule has 0 bridgehead atoms. The summed E-state index contributed by atoms with van der Waals surface area (Å²) in [7, 11) is 0. The number of nitrogens with zero attached hydrogens (tertiary/aromatic N) is 1. The number of halogens is 2. The number of cyclic esters (lactones) is 1. The molecule has 0 aliphatic carbocycles. The highest BCUT2D eigenvalue weighted by Crippen LogP contribution is 2.35. The summed E-state index contributed by atoms with van der Waals surface area (Å²) < 4.78 is 40.8. The lowest BCUT2D eigenvalue weighted by Gasteiger charge is -2.13. The number of aryl methyl sites for hydroxylation is 1. The van der Waals surface area contributed by atoms with Crippen molar-refractivity contribution >= 4 is 17.9 Å². The van der Waals surface area contributed by atoms with Crippen LogP contribution in [0.2, 0.25) is 0 Å². The number of ether oxygens (including phenoxy) is 3. The van der Waals surface area contributed by atoms with E-state index >= 15 is 0 Å². The van der Waals surface area contributed by atoms with Gasteiger partial charge in [0.2, 0.25) is 5.90 Å². The molecule has 0 fully saturated rings. The minimum absolute atomic E-state index is 0.0146. The normalized spacial score (nSPS) is 15.1. The minimum Gasteiger partial charge on any atom is -0.490 e. The van der Waals surface area contributed by atoms with Gasteiger partial charge in [0.05, 0.1) is 6.61 Å². The molecule has 1 aliphatic heterocycles. The van der Waals surface area contributed by atoms with E-state index in [1.165, 1.54) is 18.2 Å². The topological polar surface area (TPSA) is 57.1 Å². The SMILES string of the molecule is CCOc1cccc(/C=C2\N=C(c3cccc(C)c3)OC2=O)c1OC(F)F. The molecule has 0 atom stereocenters. The Kier molecular flexibility index (Phi) is 5.49. The molecule has 27 heavy (non-hydrogen) atoms. The Morgan fingerprint density at radius 3 is 2.70 bits per heavy atom. The lowest BCUT2D eigenvalue weighted by molar-refractivity contribution is -0.129. The van der Waals surface area contributed by atoms with Gasteiger partial charge in [0.15, 0.2) is 17.2 Å². The number of esters is 1. The first-order valence-electron chi connectivity index (χ1n) is 8.28. The fraction of sp³-hybridized carbons (Fsp3) is 0.200. The van der Waals surface area contributed by atoms with E-state index in [4.69, 9.17) is 9.47 Å². The summed E-state index contributed by atoms with van der Waals surface area (Å²) in [6.45, 7) is 0.872. The van der Waals surface area contributed by atoms with E-state index < -0.39 is 12.6 Å². The van der Waals surface area contributed by atoms with Crippen LogP contribution < -0.4 is 9.47 Å². The largest absolute Gasteiger partial charge is 0.490 e. The highest BCUT2D eigenvalue weighted by molar-refractivity contribution is 6.13. The predicted molar refractivity (Wildman–Crippen MR) is 96.0 cm³/mol.